The number of piperidine rings is 1. The number of benzene rings is 1. The molecule has 0 radical (unpaired) electrons. The first-order chi connectivity index (χ1) is 11.2. The van der Waals surface area contributed by atoms with E-state index in [4.69, 9.17) is 9.26 Å². The summed E-state index contributed by atoms with van der Waals surface area (Å²) in [5, 5.41) is 3.85. The molecule has 2 aromatic rings. The zero-order valence-corrected chi connectivity index (χ0v) is 13.1. The van der Waals surface area contributed by atoms with Gasteiger partial charge in [-0.25, -0.2) is 0 Å². The Labute approximate surface area is 134 Å². The SMILES string of the molecule is Cc1noc([C@H]2CCCN(C(=O)[C@@H]3Cc4ccccc4O3)C2)n1. The number of likely N-dealkylation sites (tertiary alicyclic amines) is 1. The van der Waals surface area contributed by atoms with E-state index in [-0.39, 0.29) is 11.8 Å². The lowest BCUT2D eigenvalue weighted by molar-refractivity contribution is -0.139. The summed E-state index contributed by atoms with van der Waals surface area (Å²) in [6.07, 6.45) is 2.15. The van der Waals surface area contributed by atoms with Gasteiger partial charge in [-0.3, -0.25) is 4.79 Å². The Balaban J connectivity index is 1.45. The van der Waals surface area contributed by atoms with E-state index in [1.807, 2.05) is 36.1 Å². The van der Waals surface area contributed by atoms with Crippen LogP contribution in [0.2, 0.25) is 0 Å². The Morgan fingerprint density at radius 1 is 1.35 bits per heavy atom. The Morgan fingerprint density at radius 2 is 2.22 bits per heavy atom. The van der Waals surface area contributed by atoms with Crippen LogP contribution in [0.3, 0.4) is 0 Å². The third kappa shape index (κ3) is 2.69. The van der Waals surface area contributed by atoms with E-state index in [0.717, 1.165) is 30.7 Å². The lowest BCUT2D eigenvalue weighted by atomic mass is 9.97. The standard InChI is InChI=1S/C17H19N3O3/c1-11-18-16(23-19-11)13-6-4-8-20(10-13)17(21)15-9-12-5-2-3-7-14(12)22-15/h2-3,5,7,13,15H,4,6,8-10H2,1H3/t13-,15-/m0/s1. The van der Waals surface area contributed by atoms with Crippen LogP contribution in [-0.4, -0.2) is 40.1 Å². The van der Waals surface area contributed by atoms with Crippen molar-refractivity contribution in [3.63, 3.8) is 0 Å². The van der Waals surface area contributed by atoms with E-state index >= 15 is 0 Å². The lowest BCUT2D eigenvalue weighted by Crippen LogP contribution is -2.46. The first kappa shape index (κ1) is 14.2. The van der Waals surface area contributed by atoms with Gasteiger partial charge in [0.25, 0.3) is 5.91 Å². The van der Waals surface area contributed by atoms with Crippen LogP contribution in [0.4, 0.5) is 0 Å². The van der Waals surface area contributed by atoms with E-state index in [9.17, 15) is 4.79 Å². The molecule has 1 saturated heterocycles. The number of carbonyl (C=O) groups is 1. The van der Waals surface area contributed by atoms with Gasteiger partial charge in [-0.05, 0) is 31.4 Å². The average molecular weight is 313 g/mol. The minimum atomic E-state index is -0.407. The molecule has 0 aliphatic carbocycles. The van der Waals surface area contributed by atoms with Crippen molar-refractivity contribution < 1.29 is 14.1 Å². The molecule has 4 rings (SSSR count). The maximum atomic E-state index is 12.8. The number of ether oxygens (including phenoxy) is 1. The molecule has 0 spiro atoms. The molecular weight excluding hydrogens is 294 g/mol. The molecule has 120 valence electrons. The Bertz CT molecular complexity index is 702. The van der Waals surface area contributed by atoms with Gasteiger partial charge in [-0.15, -0.1) is 0 Å². The van der Waals surface area contributed by atoms with Crippen molar-refractivity contribution in [2.75, 3.05) is 13.1 Å². The number of amides is 1. The van der Waals surface area contributed by atoms with Gasteiger partial charge < -0.3 is 14.2 Å². The van der Waals surface area contributed by atoms with Crippen LogP contribution in [-0.2, 0) is 11.2 Å². The fourth-order valence-corrected chi connectivity index (χ4v) is 3.38. The summed E-state index contributed by atoms with van der Waals surface area (Å²) in [7, 11) is 0. The zero-order chi connectivity index (χ0) is 15.8. The van der Waals surface area contributed by atoms with Gasteiger partial charge in [-0.1, -0.05) is 23.4 Å². The van der Waals surface area contributed by atoms with E-state index in [1.165, 1.54) is 0 Å². The maximum Gasteiger partial charge on any atom is 0.264 e. The predicted molar refractivity (Wildman–Crippen MR) is 82.2 cm³/mol. The summed E-state index contributed by atoms with van der Waals surface area (Å²) in [6, 6.07) is 7.84. The molecule has 1 aromatic heterocycles. The Hall–Kier alpha value is -2.37. The lowest BCUT2D eigenvalue weighted by Gasteiger charge is -2.32. The number of hydrogen-bond acceptors (Lipinski definition) is 5. The van der Waals surface area contributed by atoms with Crippen molar-refractivity contribution in [2.45, 2.75) is 38.2 Å². The van der Waals surface area contributed by atoms with Crippen LogP contribution in [0.15, 0.2) is 28.8 Å². The molecule has 0 unspecified atom stereocenters. The largest absolute Gasteiger partial charge is 0.480 e. The summed E-state index contributed by atoms with van der Waals surface area (Å²) in [5.41, 5.74) is 1.10. The minimum Gasteiger partial charge on any atom is -0.480 e. The number of aromatic nitrogens is 2. The molecule has 0 N–H and O–H groups in total. The molecule has 1 aromatic carbocycles. The summed E-state index contributed by atoms with van der Waals surface area (Å²) < 4.78 is 11.1. The number of fused-ring (bicyclic) bond motifs is 1. The fraction of sp³-hybridized carbons (Fsp3) is 0.471. The van der Waals surface area contributed by atoms with Gasteiger partial charge in [0, 0.05) is 19.5 Å². The second-order valence-electron chi connectivity index (χ2n) is 6.22. The van der Waals surface area contributed by atoms with Crippen LogP contribution in [0.1, 0.15) is 36.0 Å². The highest BCUT2D eigenvalue weighted by atomic mass is 16.5. The molecule has 1 amide bonds. The van der Waals surface area contributed by atoms with Gasteiger partial charge in [0.05, 0.1) is 5.92 Å². The Morgan fingerprint density at radius 3 is 3.00 bits per heavy atom. The van der Waals surface area contributed by atoms with Gasteiger partial charge in [-0.2, -0.15) is 4.98 Å². The summed E-state index contributed by atoms with van der Waals surface area (Å²) in [4.78, 5) is 19.0. The first-order valence-electron chi connectivity index (χ1n) is 8.04. The number of carbonyl (C=O) groups excluding carboxylic acids is 1. The molecular formula is C17H19N3O3. The number of rotatable bonds is 2. The highest BCUT2D eigenvalue weighted by Crippen LogP contribution is 2.31. The highest BCUT2D eigenvalue weighted by molar-refractivity contribution is 5.82. The predicted octanol–water partition coefficient (Wildman–Crippen LogP) is 2.09. The molecule has 6 nitrogen and oxygen atoms in total. The van der Waals surface area contributed by atoms with Crippen LogP contribution in [0.25, 0.3) is 0 Å². The van der Waals surface area contributed by atoms with Gasteiger partial charge in [0.2, 0.25) is 5.89 Å². The summed E-state index contributed by atoms with van der Waals surface area (Å²) >= 11 is 0. The minimum absolute atomic E-state index is 0.0575. The van der Waals surface area contributed by atoms with Crippen LogP contribution < -0.4 is 4.74 Å². The van der Waals surface area contributed by atoms with Crippen molar-refractivity contribution in [3.8, 4) is 5.75 Å². The van der Waals surface area contributed by atoms with Crippen LogP contribution >= 0.6 is 0 Å². The van der Waals surface area contributed by atoms with Crippen LogP contribution in [0.5, 0.6) is 5.75 Å². The van der Waals surface area contributed by atoms with Gasteiger partial charge in [0.15, 0.2) is 11.9 Å². The van der Waals surface area contributed by atoms with Crippen molar-refractivity contribution in [1.29, 1.82) is 0 Å². The van der Waals surface area contributed by atoms with Crippen molar-refractivity contribution in [3.05, 3.63) is 41.5 Å². The second-order valence-corrected chi connectivity index (χ2v) is 6.22. The summed E-state index contributed by atoms with van der Waals surface area (Å²) in [6.45, 7) is 3.19. The average Bonchev–Trinajstić information content (AvgIpc) is 3.20. The Kier molecular flexibility index (Phi) is 3.52. The third-order valence-corrected chi connectivity index (χ3v) is 4.55. The monoisotopic (exact) mass is 313 g/mol. The first-order valence-corrected chi connectivity index (χ1v) is 8.04. The molecule has 0 saturated carbocycles. The van der Waals surface area contributed by atoms with E-state index < -0.39 is 6.10 Å². The van der Waals surface area contributed by atoms with Gasteiger partial charge >= 0.3 is 0 Å². The third-order valence-electron chi connectivity index (χ3n) is 4.55. The second kappa shape index (κ2) is 5.68. The fourth-order valence-electron chi connectivity index (χ4n) is 3.38. The van der Waals surface area contributed by atoms with Crippen LogP contribution in [0, 0.1) is 6.92 Å². The molecule has 2 aliphatic heterocycles. The van der Waals surface area contributed by atoms with E-state index in [0.29, 0.717) is 24.7 Å². The molecule has 23 heavy (non-hydrogen) atoms. The number of hydrogen-bond donors (Lipinski definition) is 0. The zero-order valence-electron chi connectivity index (χ0n) is 13.1. The maximum absolute atomic E-state index is 12.8. The highest BCUT2D eigenvalue weighted by Gasteiger charge is 2.35. The molecule has 6 heteroatoms. The number of para-hydroxylation sites is 1. The van der Waals surface area contributed by atoms with Crippen molar-refractivity contribution >= 4 is 5.91 Å². The molecule has 1 fully saturated rings. The van der Waals surface area contributed by atoms with E-state index in [1.54, 1.807) is 0 Å². The molecule has 2 aliphatic rings. The van der Waals surface area contributed by atoms with Gasteiger partial charge in [0.1, 0.15) is 5.75 Å². The topological polar surface area (TPSA) is 68.5 Å². The quantitative estimate of drug-likeness (QED) is 0.849. The molecule has 3 heterocycles. The van der Waals surface area contributed by atoms with E-state index in [2.05, 4.69) is 10.1 Å². The normalized spacial score (nSPS) is 23.4. The smallest absolute Gasteiger partial charge is 0.264 e. The molecule has 2 atom stereocenters. The van der Waals surface area contributed by atoms with Crippen molar-refractivity contribution in [1.82, 2.24) is 15.0 Å². The van der Waals surface area contributed by atoms with Crippen molar-refractivity contribution in [2.24, 2.45) is 0 Å². The molecule has 0 bridgehead atoms. The summed E-state index contributed by atoms with van der Waals surface area (Å²) in [5.74, 6) is 2.28. The number of aryl methyl sites for hydroxylation is 1. The number of nitrogens with zero attached hydrogens (tertiary/aromatic N) is 3.